The largest absolute Gasteiger partial charge is 0.496 e. The van der Waals surface area contributed by atoms with Gasteiger partial charge in [-0.1, -0.05) is 18.2 Å². The zero-order valence-corrected chi connectivity index (χ0v) is 17.0. The normalized spacial score (nSPS) is 11.8. The van der Waals surface area contributed by atoms with Crippen molar-refractivity contribution in [3.8, 4) is 17.2 Å². The highest BCUT2D eigenvalue weighted by atomic mass is 16.5. The predicted molar refractivity (Wildman–Crippen MR) is 108 cm³/mol. The number of hydrogen-bond acceptors (Lipinski definition) is 6. The van der Waals surface area contributed by atoms with Crippen LogP contribution in [0.4, 0.5) is 0 Å². The van der Waals surface area contributed by atoms with Crippen molar-refractivity contribution >= 4 is 22.7 Å². The minimum absolute atomic E-state index is 0.139. The molecule has 0 saturated heterocycles. The summed E-state index contributed by atoms with van der Waals surface area (Å²) < 4.78 is 21.2. The molecule has 0 unspecified atom stereocenters. The zero-order valence-electron chi connectivity index (χ0n) is 17.0. The number of carbonyl (C=O) groups excluding carboxylic acids is 2. The smallest absolute Gasteiger partial charge is 0.342 e. The average Bonchev–Trinajstić information content (AvgIpc) is 3.07. The number of carbonyl (C=O) groups is 2. The third-order valence-corrected chi connectivity index (χ3v) is 4.72. The fourth-order valence-corrected chi connectivity index (χ4v) is 3.26. The maximum absolute atomic E-state index is 13.0. The van der Waals surface area contributed by atoms with Gasteiger partial charge in [0.05, 0.1) is 21.3 Å². The minimum Gasteiger partial charge on any atom is -0.496 e. The number of aromatic nitrogens is 1. The Morgan fingerprint density at radius 3 is 2.21 bits per heavy atom. The van der Waals surface area contributed by atoms with Crippen molar-refractivity contribution in [1.82, 2.24) is 4.98 Å². The number of aromatic amines is 1. The molecule has 29 heavy (non-hydrogen) atoms. The summed E-state index contributed by atoms with van der Waals surface area (Å²) >= 11 is 0. The van der Waals surface area contributed by atoms with E-state index >= 15 is 0 Å². The first-order valence-corrected chi connectivity index (χ1v) is 9.03. The molecule has 0 aliphatic heterocycles. The van der Waals surface area contributed by atoms with Gasteiger partial charge in [0.1, 0.15) is 11.3 Å². The fourth-order valence-electron chi connectivity index (χ4n) is 3.26. The maximum Gasteiger partial charge on any atom is 0.342 e. The van der Waals surface area contributed by atoms with Gasteiger partial charge in [0, 0.05) is 34.3 Å². The van der Waals surface area contributed by atoms with E-state index < -0.39 is 12.1 Å². The van der Waals surface area contributed by atoms with Gasteiger partial charge in [0.15, 0.2) is 17.6 Å². The van der Waals surface area contributed by atoms with Crippen molar-refractivity contribution in [2.75, 3.05) is 21.3 Å². The Balaban J connectivity index is 1.89. The van der Waals surface area contributed by atoms with Gasteiger partial charge in [-0.2, -0.15) is 0 Å². The highest BCUT2D eigenvalue weighted by molar-refractivity contribution is 6.11. The highest BCUT2D eigenvalue weighted by Gasteiger charge is 2.27. The van der Waals surface area contributed by atoms with Crippen LogP contribution in [-0.4, -0.2) is 44.2 Å². The van der Waals surface area contributed by atoms with Crippen LogP contribution >= 0.6 is 0 Å². The number of rotatable bonds is 7. The number of esters is 1. The Morgan fingerprint density at radius 1 is 0.931 bits per heavy atom. The Bertz CT molecular complexity index is 1070. The summed E-state index contributed by atoms with van der Waals surface area (Å²) in [5.41, 5.74) is 2.23. The van der Waals surface area contributed by atoms with Crippen LogP contribution in [-0.2, 0) is 4.74 Å². The number of ketones is 1. The Kier molecular flexibility index (Phi) is 5.77. The molecule has 0 spiro atoms. The molecule has 0 aliphatic rings. The van der Waals surface area contributed by atoms with Crippen molar-refractivity contribution in [2.45, 2.75) is 20.0 Å². The first-order valence-electron chi connectivity index (χ1n) is 9.03. The molecule has 3 aromatic rings. The highest BCUT2D eigenvalue weighted by Crippen LogP contribution is 2.35. The predicted octanol–water partition coefficient (Wildman–Crippen LogP) is 3.93. The molecule has 0 amide bonds. The Labute approximate surface area is 168 Å². The summed E-state index contributed by atoms with van der Waals surface area (Å²) in [5.74, 6) is 0.0515. The van der Waals surface area contributed by atoms with E-state index in [9.17, 15) is 9.59 Å². The molecule has 7 heteroatoms. The van der Waals surface area contributed by atoms with Gasteiger partial charge in [0.25, 0.3) is 0 Å². The first-order chi connectivity index (χ1) is 13.9. The minimum atomic E-state index is -0.988. The number of aryl methyl sites for hydroxylation is 1. The lowest BCUT2D eigenvalue weighted by Crippen LogP contribution is -2.25. The van der Waals surface area contributed by atoms with E-state index in [4.69, 9.17) is 18.9 Å². The number of hydrogen-bond donors (Lipinski definition) is 1. The molecule has 0 bridgehead atoms. The van der Waals surface area contributed by atoms with Gasteiger partial charge in [-0.3, -0.25) is 4.79 Å². The summed E-state index contributed by atoms with van der Waals surface area (Å²) in [6.45, 7) is 3.37. The number of fused-ring (bicyclic) bond motifs is 1. The molecule has 0 fully saturated rings. The van der Waals surface area contributed by atoms with Crippen LogP contribution in [0.5, 0.6) is 17.2 Å². The molecule has 0 saturated carbocycles. The van der Waals surface area contributed by atoms with Gasteiger partial charge < -0.3 is 23.9 Å². The van der Waals surface area contributed by atoms with E-state index in [1.807, 2.05) is 31.2 Å². The third kappa shape index (κ3) is 3.76. The number of benzene rings is 2. The molecule has 0 radical (unpaired) electrons. The Hall–Kier alpha value is -3.48. The van der Waals surface area contributed by atoms with Crippen LogP contribution in [0.2, 0.25) is 0 Å². The van der Waals surface area contributed by atoms with Crippen molar-refractivity contribution in [1.29, 1.82) is 0 Å². The van der Waals surface area contributed by atoms with Crippen LogP contribution in [0.3, 0.4) is 0 Å². The molecule has 0 aliphatic carbocycles. The van der Waals surface area contributed by atoms with Crippen LogP contribution in [0, 0.1) is 6.92 Å². The van der Waals surface area contributed by atoms with Crippen molar-refractivity contribution in [2.24, 2.45) is 0 Å². The van der Waals surface area contributed by atoms with E-state index in [-0.39, 0.29) is 17.1 Å². The molecule has 1 atom stereocenters. The number of Topliss-reactive ketones (excluding diaryl/α,β-unsaturated/α-hetero) is 1. The van der Waals surface area contributed by atoms with Gasteiger partial charge in [0.2, 0.25) is 5.78 Å². The number of para-hydroxylation sites is 1. The van der Waals surface area contributed by atoms with Gasteiger partial charge in [-0.15, -0.1) is 0 Å². The molecule has 2 aromatic carbocycles. The lowest BCUT2D eigenvalue weighted by atomic mass is 10.0. The summed E-state index contributed by atoms with van der Waals surface area (Å²) in [6.07, 6.45) is -0.988. The average molecular weight is 397 g/mol. The van der Waals surface area contributed by atoms with Crippen molar-refractivity contribution in [3.63, 3.8) is 0 Å². The van der Waals surface area contributed by atoms with E-state index in [0.29, 0.717) is 17.1 Å². The molecule has 152 valence electrons. The van der Waals surface area contributed by atoms with Crippen molar-refractivity contribution < 1.29 is 28.5 Å². The van der Waals surface area contributed by atoms with Crippen LogP contribution in [0.15, 0.2) is 36.4 Å². The van der Waals surface area contributed by atoms with E-state index in [1.165, 1.54) is 33.5 Å². The second-order valence-electron chi connectivity index (χ2n) is 6.49. The van der Waals surface area contributed by atoms with E-state index in [1.54, 1.807) is 6.92 Å². The standard InChI is InChI=1S/C22H23NO6/c1-12-20(14-8-6-7-9-16(14)23-12)21(24)13(2)29-22(25)15-10-18(27-4)19(28-5)11-17(15)26-3/h6-11,13,23H,1-5H3/t13-/m0/s1. The SMILES string of the molecule is COc1cc(OC)c(C(=O)O[C@@H](C)C(=O)c2c(C)[nH]c3ccccc23)cc1OC. The van der Waals surface area contributed by atoms with Gasteiger partial charge >= 0.3 is 5.97 Å². The first kappa shape index (κ1) is 20.3. The quantitative estimate of drug-likeness (QED) is 0.480. The number of ether oxygens (including phenoxy) is 4. The molecule has 7 nitrogen and oxygen atoms in total. The summed E-state index contributed by atoms with van der Waals surface area (Å²) in [5, 5.41) is 0.793. The maximum atomic E-state index is 13.0. The van der Waals surface area contributed by atoms with Crippen molar-refractivity contribution in [3.05, 3.63) is 53.2 Å². The Morgan fingerprint density at radius 2 is 1.55 bits per heavy atom. The van der Waals surface area contributed by atoms with Gasteiger partial charge in [-0.05, 0) is 19.9 Å². The molecular formula is C22H23NO6. The monoisotopic (exact) mass is 397 g/mol. The summed E-state index contributed by atoms with van der Waals surface area (Å²) in [7, 11) is 4.38. The van der Waals surface area contributed by atoms with E-state index in [0.717, 1.165) is 16.6 Å². The van der Waals surface area contributed by atoms with Crippen LogP contribution < -0.4 is 14.2 Å². The van der Waals surface area contributed by atoms with Gasteiger partial charge in [-0.25, -0.2) is 4.79 Å². The topological polar surface area (TPSA) is 86.9 Å². The molecule has 1 aromatic heterocycles. The molecule has 1 N–H and O–H groups in total. The molecule has 1 heterocycles. The van der Waals surface area contributed by atoms with E-state index in [2.05, 4.69) is 4.98 Å². The molecular weight excluding hydrogens is 374 g/mol. The molecule has 3 rings (SSSR count). The summed E-state index contributed by atoms with van der Waals surface area (Å²) in [6, 6.07) is 10.5. The number of H-pyrrole nitrogens is 1. The number of nitrogens with one attached hydrogen (secondary N) is 1. The zero-order chi connectivity index (χ0) is 21.1. The third-order valence-electron chi connectivity index (χ3n) is 4.72. The van der Waals surface area contributed by atoms with Crippen LogP contribution in [0.1, 0.15) is 33.3 Å². The second kappa shape index (κ2) is 8.26. The number of methoxy groups -OCH3 is 3. The fraction of sp³-hybridized carbons (Fsp3) is 0.273. The lowest BCUT2D eigenvalue weighted by molar-refractivity contribution is 0.0315. The summed E-state index contributed by atoms with van der Waals surface area (Å²) in [4.78, 5) is 29.0. The van der Waals surface area contributed by atoms with Crippen LogP contribution in [0.25, 0.3) is 10.9 Å². The lowest BCUT2D eigenvalue weighted by Gasteiger charge is -2.16. The second-order valence-corrected chi connectivity index (χ2v) is 6.49.